The van der Waals surface area contributed by atoms with Gasteiger partial charge in [0.05, 0.1) is 0 Å². The SMILES string of the molecule is CC(C)(CCc1ccc(N)cc1)c1ccccc1. The molecular formula is C17H21N. The van der Waals surface area contributed by atoms with Gasteiger partial charge in [-0.2, -0.15) is 0 Å². The van der Waals surface area contributed by atoms with Crippen LogP contribution in [0.1, 0.15) is 31.4 Å². The molecule has 0 saturated heterocycles. The van der Waals surface area contributed by atoms with Crippen molar-refractivity contribution in [3.8, 4) is 0 Å². The van der Waals surface area contributed by atoms with E-state index in [1.807, 2.05) is 12.1 Å². The fourth-order valence-electron chi connectivity index (χ4n) is 2.17. The summed E-state index contributed by atoms with van der Waals surface area (Å²) < 4.78 is 0. The number of benzene rings is 2. The van der Waals surface area contributed by atoms with Crippen molar-refractivity contribution in [1.29, 1.82) is 0 Å². The molecule has 2 aromatic rings. The average Bonchev–Trinajstić information content (AvgIpc) is 2.39. The molecule has 0 radical (unpaired) electrons. The summed E-state index contributed by atoms with van der Waals surface area (Å²) in [5.74, 6) is 0. The van der Waals surface area contributed by atoms with Crippen LogP contribution in [0.4, 0.5) is 5.69 Å². The molecule has 0 bridgehead atoms. The highest BCUT2D eigenvalue weighted by atomic mass is 14.5. The molecule has 2 aromatic carbocycles. The zero-order valence-corrected chi connectivity index (χ0v) is 11.2. The van der Waals surface area contributed by atoms with Gasteiger partial charge in [-0.05, 0) is 41.5 Å². The molecule has 1 heteroatoms. The molecule has 0 aromatic heterocycles. The van der Waals surface area contributed by atoms with Crippen LogP contribution in [0.3, 0.4) is 0 Å². The smallest absolute Gasteiger partial charge is 0.0314 e. The Morgan fingerprint density at radius 2 is 1.50 bits per heavy atom. The molecule has 0 aliphatic rings. The third kappa shape index (κ3) is 3.13. The Morgan fingerprint density at radius 1 is 0.889 bits per heavy atom. The summed E-state index contributed by atoms with van der Waals surface area (Å²) in [5, 5.41) is 0. The molecule has 18 heavy (non-hydrogen) atoms. The normalized spacial score (nSPS) is 11.4. The topological polar surface area (TPSA) is 26.0 Å². The van der Waals surface area contributed by atoms with E-state index in [1.54, 1.807) is 0 Å². The summed E-state index contributed by atoms with van der Waals surface area (Å²) >= 11 is 0. The first-order chi connectivity index (χ1) is 8.58. The van der Waals surface area contributed by atoms with Crippen LogP contribution in [0.25, 0.3) is 0 Å². The van der Waals surface area contributed by atoms with Crippen LogP contribution in [-0.4, -0.2) is 0 Å². The molecule has 0 saturated carbocycles. The van der Waals surface area contributed by atoms with E-state index < -0.39 is 0 Å². The number of hydrogen-bond donors (Lipinski definition) is 1. The molecule has 0 aliphatic carbocycles. The quantitative estimate of drug-likeness (QED) is 0.796. The number of nitrogens with two attached hydrogens (primary N) is 1. The summed E-state index contributed by atoms with van der Waals surface area (Å²) in [7, 11) is 0. The van der Waals surface area contributed by atoms with Crippen LogP contribution >= 0.6 is 0 Å². The first-order valence-electron chi connectivity index (χ1n) is 6.48. The minimum absolute atomic E-state index is 0.211. The average molecular weight is 239 g/mol. The van der Waals surface area contributed by atoms with E-state index in [4.69, 9.17) is 5.73 Å². The number of aryl methyl sites for hydroxylation is 1. The zero-order valence-electron chi connectivity index (χ0n) is 11.2. The Labute approximate surface area is 110 Å². The molecule has 0 fully saturated rings. The van der Waals surface area contributed by atoms with Crippen molar-refractivity contribution in [2.45, 2.75) is 32.1 Å². The van der Waals surface area contributed by atoms with Gasteiger partial charge in [-0.25, -0.2) is 0 Å². The maximum absolute atomic E-state index is 5.70. The van der Waals surface area contributed by atoms with Gasteiger partial charge in [0.2, 0.25) is 0 Å². The van der Waals surface area contributed by atoms with Gasteiger partial charge >= 0.3 is 0 Å². The van der Waals surface area contributed by atoms with E-state index in [9.17, 15) is 0 Å². The van der Waals surface area contributed by atoms with Gasteiger partial charge in [-0.15, -0.1) is 0 Å². The molecule has 0 aliphatic heterocycles. The van der Waals surface area contributed by atoms with E-state index in [0.717, 1.165) is 18.5 Å². The van der Waals surface area contributed by atoms with Crippen molar-refractivity contribution in [1.82, 2.24) is 0 Å². The summed E-state index contributed by atoms with van der Waals surface area (Å²) in [6.45, 7) is 4.61. The van der Waals surface area contributed by atoms with Crippen LogP contribution in [0.5, 0.6) is 0 Å². The third-order valence-electron chi connectivity index (χ3n) is 3.57. The third-order valence-corrected chi connectivity index (χ3v) is 3.57. The van der Waals surface area contributed by atoms with Crippen LogP contribution in [-0.2, 0) is 11.8 Å². The first kappa shape index (κ1) is 12.7. The molecule has 1 nitrogen and oxygen atoms in total. The molecule has 0 atom stereocenters. The molecule has 94 valence electrons. The lowest BCUT2D eigenvalue weighted by Gasteiger charge is -2.25. The van der Waals surface area contributed by atoms with Crippen LogP contribution in [0, 0.1) is 0 Å². The molecule has 0 spiro atoms. The van der Waals surface area contributed by atoms with E-state index in [2.05, 4.69) is 56.3 Å². The fraction of sp³-hybridized carbons (Fsp3) is 0.294. The molecule has 0 unspecified atom stereocenters. The maximum atomic E-state index is 5.70. The summed E-state index contributed by atoms with van der Waals surface area (Å²) in [6, 6.07) is 18.9. The van der Waals surface area contributed by atoms with Crippen LogP contribution in [0.15, 0.2) is 54.6 Å². The summed E-state index contributed by atoms with van der Waals surface area (Å²) in [6.07, 6.45) is 2.23. The predicted molar refractivity (Wildman–Crippen MR) is 78.6 cm³/mol. The Balaban J connectivity index is 2.03. The molecule has 0 heterocycles. The van der Waals surface area contributed by atoms with Gasteiger partial charge in [0.15, 0.2) is 0 Å². The van der Waals surface area contributed by atoms with E-state index >= 15 is 0 Å². The van der Waals surface area contributed by atoms with Gasteiger partial charge in [0.1, 0.15) is 0 Å². The first-order valence-corrected chi connectivity index (χ1v) is 6.48. The second-order valence-electron chi connectivity index (χ2n) is 5.49. The lowest BCUT2D eigenvalue weighted by molar-refractivity contribution is 0.480. The van der Waals surface area contributed by atoms with Gasteiger partial charge in [0.25, 0.3) is 0 Å². The number of hydrogen-bond acceptors (Lipinski definition) is 1. The fourth-order valence-corrected chi connectivity index (χ4v) is 2.17. The summed E-state index contributed by atoms with van der Waals surface area (Å²) in [5.41, 5.74) is 9.50. The van der Waals surface area contributed by atoms with E-state index in [1.165, 1.54) is 11.1 Å². The van der Waals surface area contributed by atoms with Crippen molar-refractivity contribution >= 4 is 5.69 Å². The van der Waals surface area contributed by atoms with Crippen molar-refractivity contribution < 1.29 is 0 Å². The molecule has 0 amide bonds. The molecule has 2 rings (SSSR count). The van der Waals surface area contributed by atoms with Gasteiger partial charge in [-0.1, -0.05) is 56.3 Å². The largest absolute Gasteiger partial charge is 0.399 e. The standard InChI is InChI=1S/C17H21N/c1-17(2,15-6-4-3-5-7-15)13-12-14-8-10-16(18)11-9-14/h3-11H,12-13,18H2,1-2H3. The van der Waals surface area contributed by atoms with Crippen LogP contribution in [0.2, 0.25) is 0 Å². The lowest BCUT2D eigenvalue weighted by atomic mass is 9.80. The highest BCUT2D eigenvalue weighted by Crippen LogP contribution is 2.28. The lowest BCUT2D eigenvalue weighted by Crippen LogP contribution is -2.17. The molecular weight excluding hydrogens is 218 g/mol. The van der Waals surface area contributed by atoms with Crippen molar-refractivity contribution in [2.24, 2.45) is 0 Å². The van der Waals surface area contributed by atoms with Gasteiger partial charge in [0, 0.05) is 5.69 Å². The Morgan fingerprint density at radius 3 is 2.11 bits per heavy atom. The van der Waals surface area contributed by atoms with Crippen molar-refractivity contribution in [3.05, 3.63) is 65.7 Å². The minimum atomic E-state index is 0.211. The Kier molecular flexibility index (Phi) is 3.71. The van der Waals surface area contributed by atoms with E-state index in [0.29, 0.717) is 0 Å². The van der Waals surface area contributed by atoms with Crippen molar-refractivity contribution in [3.63, 3.8) is 0 Å². The minimum Gasteiger partial charge on any atom is -0.399 e. The van der Waals surface area contributed by atoms with Gasteiger partial charge < -0.3 is 5.73 Å². The number of rotatable bonds is 4. The maximum Gasteiger partial charge on any atom is 0.0314 e. The highest BCUT2D eigenvalue weighted by Gasteiger charge is 2.19. The van der Waals surface area contributed by atoms with Crippen molar-refractivity contribution in [2.75, 3.05) is 5.73 Å². The second kappa shape index (κ2) is 5.26. The number of anilines is 1. The van der Waals surface area contributed by atoms with E-state index in [-0.39, 0.29) is 5.41 Å². The van der Waals surface area contributed by atoms with Gasteiger partial charge in [-0.3, -0.25) is 0 Å². The second-order valence-corrected chi connectivity index (χ2v) is 5.49. The molecule has 2 N–H and O–H groups in total. The zero-order chi connectivity index (χ0) is 13.0. The monoisotopic (exact) mass is 239 g/mol. The predicted octanol–water partition coefficient (Wildman–Crippen LogP) is 4.18. The highest BCUT2D eigenvalue weighted by molar-refractivity contribution is 5.39. The van der Waals surface area contributed by atoms with Crippen LogP contribution < -0.4 is 5.73 Å². The summed E-state index contributed by atoms with van der Waals surface area (Å²) in [4.78, 5) is 0. The number of nitrogen functional groups attached to an aromatic ring is 1. The Hall–Kier alpha value is -1.76. The Bertz CT molecular complexity index is 483.